The van der Waals surface area contributed by atoms with Crippen LogP contribution >= 0.6 is 11.6 Å². The van der Waals surface area contributed by atoms with Gasteiger partial charge in [-0.1, -0.05) is 11.6 Å². The molecule has 12 heavy (non-hydrogen) atoms. The number of halogens is 1. The lowest BCUT2D eigenvalue weighted by Gasteiger charge is -2.26. The van der Waals surface area contributed by atoms with E-state index in [9.17, 15) is 4.79 Å². The summed E-state index contributed by atoms with van der Waals surface area (Å²) >= 11 is 5.73. The molecule has 1 aliphatic rings. The van der Waals surface area contributed by atoms with Crippen molar-refractivity contribution in [3.63, 3.8) is 0 Å². The summed E-state index contributed by atoms with van der Waals surface area (Å²) in [5.74, 6) is 0.338. The smallest absolute Gasteiger partial charge is 0.225 e. The first kappa shape index (κ1) is 8.66. The Morgan fingerprint density at radius 3 is 3.00 bits per heavy atom. The zero-order valence-corrected chi connectivity index (χ0v) is 6.82. The molecule has 1 amide bonds. The van der Waals surface area contributed by atoms with Crippen LogP contribution in [-0.4, -0.2) is 22.8 Å². The summed E-state index contributed by atoms with van der Waals surface area (Å²) in [6.07, 6.45) is 1.85. The number of aliphatic imine (C=N–C) groups is 1. The largest absolute Gasteiger partial charge is 0.384 e. The standard InChI is InChI=1S/C5H8ClN5O/c6-4-5(8)10-3(7)1-11(4)9-2-12/h1-2,4H,7H2,(H2,8,10)(H,9,12)/t4-/m1/s1. The summed E-state index contributed by atoms with van der Waals surface area (Å²) in [6, 6.07) is 0. The first-order valence-electron chi connectivity index (χ1n) is 3.08. The van der Waals surface area contributed by atoms with E-state index in [-0.39, 0.29) is 11.7 Å². The molecule has 0 saturated carbocycles. The number of carbonyl (C=O) groups is 1. The molecule has 5 N–H and O–H groups in total. The second-order valence-electron chi connectivity index (χ2n) is 2.08. The van der Waals surface area contributed by atoms with Gasteiger partial charge in [-0.2, -0.15) is 0 Å². The molecule has 0 aliphatic carbocycles. The van der Waals surface area contributed by atoms with E-state index in [1.807, 2.05) is 0 Å². The first-order valence-corrected chi connectivity index (χ1v) is 3.52. The molecule has 0 saturated heterocycles. The van der Waals surface area contributed by atoms with Crippen LogP contribution in [0.15, 0.2) is 17.0 Å². The average molecular weight is 190 g/mol. The van der Waals surface area contributed by atoms with Gasteiger partial charge < -0.3 is 11.5 Å². The third-order valence-electron chi connectivity index (χ3n) is 1.22. The van der Waals surface area contributed by atoms with Crippen molar-refractivity contribution in [2.75, 3.05) is 0 Å². The molecule has 0 radical (unpaired) electrons. The maximum atomic E-state index is 10.1. The lowest BCUT2D eigenvalue weighted by atomic mass is 10.5. The molecule has 0 aromatic carbocycles. The molecular formula is C5H8ClN5O. The fourth-order valence-electron chi connectivity index (χ4n) is 0.745. The van der Waals surface area contributed by atoms with Crippen LogP contribution in [0.3, 0.4) is 0 Å². The third kappa shape index (κ3) is 1.59. The van der Waals surface area contributed by atoms with Gasteiger partial charge in [0, 0.05) is 0 Å². The number of nitrogens with one attached hydrogen (secondary N) is 1. The van der Waals surface area contributed by atoms with Crippen LogP contribution < -0.4 is 16.9 Å². The fraction of sp³-hybridized carbons (Fsp3) is 0.200. The number of hydrazine groups is 1. The number of rotatable bonds is 2. The third-order valence-corrected chi connectivity index (χ3v) is 1.65. The number of carbonyl (C=O) groups excluding carboxylic acids is 1. The van der Waals surface area contributed by atoms with E-state index < -0.39 is 5.50 Å². The van der Waals surface area contributed by atoms with Gasteiger partial charge in [0.1, 0.15) is 11.7 Å². The Morgan fingerprint density at radius 2 is 2.42 bits per heavy atom. The number of amides is 1. The van der Waals surface area contributed by atoms with Crippen LogP contribution in [0.1, 0.15) is 0 Å². The second kappa shape index (κ2) is 3.31. The highest BCUT2D eigenvalue weighted by molar-refractivity contribution is 6.31. The number of hydrogen-bond donors (Lipinski definition) is 3. The van der Waals surface area contributed by atoms with E-state index in [2.05, 4.69) is 10.4 Å². The highest BCUT2D eigenvalue weighted by Crippen LogP contribution is 2.09. The monoisotopic (exact) mass is 189 g/mol. The van der Waals surface area contributed by atoms with Crippen LogP contribution in [0, 0.1) is 0 Å². The van der Waals surface area contributed by atoms with Crippen LogP contribution in [0.4, 0.5) is 0 Å². The van der Waals surface area contributed by atoms with Crippen molar-refractivity contribution < 1.29 is 4.79 Å². The molecule has 0 unspecified atom stereocenters. The minimum atomic E-state index is -0.692. The molecule has 7 heteroatoms. The quantitative estimate of drug-likeness (QED) is 0.284. The Hall–Kier alpha value is -1.43. The molecular weight excluding hydrogens is 182 g/mol. The maximum absolute atomic E-state index is 10.1. The molecule has 1 atom stereocenters. The zero-order chi connectivity index (χ0) is 9.14. The van der Waals surface area contributed by atoms with Gasteiger partial charge in [-0.15, -0.1) is 0 Å². The minimum absolute atomic E-state index is 0.144. The predicted molar refractivity (Wildman–Crippen MR) is 44.6 cm³/mol. The Balaban J connectivity index is 2.78. The van der Waals surface area contributed by atoms with Gasteiger partial charge >= 0.3 is 0 Å². The highest BCUT2D eigenvalue weighted by Gasteiger charge is 2.20. The van der Waals surface area contributed by atoms with Crippen molar-refractivity contribution in [2.24, 2.45) is 16.5 Å². The second-order valence-corrected chi connectivity index (χ2v) is 2.49. The van der Waals surface area contributed by atoms with E-state index in [1.165, 1.54) is 11.2 Å². The molecule has 0 bridgehead atoms. The van der Waals surface area contributed by atoms with Crippen LogP contribution in [-0.2, 0) is 4.79 Å². The van der Waals surface area contributed by atoms with E-state index in [0.717, 1.165) is 0 Å². The number of amidine groups is 1. The Labute approximate surface area is 73.8 Å². The Kier molecular flexibility index (Phi) is 2.39. The molecule has 1 rings (SSSR count). The Bertz CT molecular complexity index is 250. The summed E-state index contributed by atoms with van der Waals surface area (Å²) in [5, 5.41) is 1.26. The summed E-state index contributed by atoms with van der Waals surface area (Å²) in [4.78, 5) is 13.8. The summed E-state index contributed by atoms with van der Waals surface area (Å²) in [6.45, 7) is 0. The number of nitrogens with zero attached hydrogens (tertiary/aromatic N) is 2. The van der Waals surface area contributed by atoms with Crippen molar-refractivity contribution in [3.8, 4) is 0 Å². The maximum Gasteiger partial charge on any atom is 0.225 e. The average Bonchev–Trinajstić information content (AvgIpc) is 2.00. The minimum Gasteiger partial charge on any atom is -0.384 e. The lowest BCUT2D eigenvalue weighted by molar-refractivity contribution is -0.112. The first-order chi connectivity index (χ1) is 5.65. The topological polar surface area (TPSA) is 96.7 Å². The van der Waals surface area contributed by atoms with E-state index in [1.54, 1.807) is 0 Å². The van der Waals surface area contributed by atoms with Gasteiger partial charge in [0.2, 0.25) is 6.41 Å². The van der Waals surface area contributed by atoms with Crippen LogP contribution in [0.2, 0.25) is 0 Å². The summed E-state index contributed by atoms with van der Waals surface area (Å²) < 4.78 is 0. The van der Waals surface area contributed by atoms with E-state index >= 15 is 0 Å². The van der Waals surface area contributed by atoms with Gasteiger partial charge in [-0.25, -0.2) is 4.99 Å². The molecule has 1 aliphatic heterocycles. The molecule has 6 nitrogen and oxygen atoms in total. The molecule has 0 aromatic rings. The van der Waals surface area contributed by atoms with Gasteiger partial charge in [0.15, 0.2) is 5.50 Å². The Morgan fingerprint density at radius 1 is 1.75 bits per heavy atom. The van der Waals surface area contributed by atoms with Gasteiger partial charge in [-0.05, 0) is 0 Å². The molecule has 66 valence electrons. The van der Waals surface area contributed by atoms with Gasteiger partial charge in [-0.3, -0.25) is 15.2 Å². The van der Waals surface area contributed by atoms with Gasteiger partial charge in [0.25, 0.3) is 0 Å². The molecule has 1 heterocycles. The van der Waals surface area contributed by atoms with Crippen molar-refractivity contribution in [1.29, 1.82) is 0 Å². The molecule has 0 fully saturated rings. The van der Waals surface area contributed by atoms with E-state index in [4.69, 9.17) is 23.1 Å². The predicted octanol–water partition coefficient (Wildman–Crippen LogP) is -1.36. The highest BCUT2D eigenvalue weighted by atomic mass is 35.5. The van der Waals surface area contributed by atoms with Crippen molar-refractivity contribution in [3.05, 3.63) is 12.0 Å². The molecule has 0 aromatic heterocycles. The van der Waals surface area contributed by atoms with Crippen molar-refractivity contribution >= 4 is 23.8 Å². The molecule has 0 spiro atoms. The lowest BCUT2D eigenvalue weighted by Crippen LogP contribution is -2.47. The van der Waals surface area contributed by atoms with Crippen molar-refractivity contribution in [1.82, 2.24) is 10.4 Å². The van der Waals surface area contributed by atoms with E-state index in [0.29, 0.717) is 6.41 Å². The van der Waals surface area contributed by atoms with Crippen LogP contribution in [0.25, 0.3) is 0 Å². The zero-order valence-electron chi connectivity index (χ0n) is 6.07. The van der Waals surface area contributed by atoms with Crippen LogP contribution in [0.5, 0.6) is 0 Å². The summed E-state index contributed by atoms with van der Waals surface area (Å²) in [7, 11) is 0. The number of hydrogen-bond acceptors (Lipinski definition) is 5. The number of alkyl halides is 1. The normalized spacial score (nSPS) is 22.8. The SMILES string of the molecule is NC1=CN(NC=O)[C@@H](Cl)C(N)=N1. The van der Waals surface area contributed by atoms with Gasteiger partial charge in [0.05, 0.1) is 6.20 Å². The summed E-state index contributed by atoms with van der Waals surface area (Å²) in [5.41, 5.74) is 12.3. The number of nitrogens with two attached hydrogens (primary N) is 2. The fourth-order valence-corrected chi connectivity index (χ4v) is 0.907. The van der Waals surface area contributed by atoms with Crippen molar-refractivity contribution in [2.45, 2.75) is 5.50 Å².